The molecule has 0 aromatic carbocycles. The minimum Gasteiger partial charge on any atom is -0.480 e. The van der Waals surface area contributed by atoms with E-state index in [0.717, 1.165) is 0 Å². The lowest BCUT2D eigenvalue weighted by molar-refractivity contribution is -0.139. The Morgan fingerprint density at radius 2 is 1.53 bits per heavy atom. The predicted molar refractivity (Wildman–Crippen MR) is 106 cm³/mol. The van der Waals surface area contributed by atoms with E-state index >= 15 is 0 Å². The molecule has 0 radical (unpaired) electrons. The molecule has 1 aromatic heterocycles. The summed E-state index contributed by atoms with van der Waals surface area (Å²) in [7, 11) is 0. The molecule has 12 heteroatoms. The van der Waals surface area contributed by atoms with Crippen LogP contribution in [0, 0.1) is 0 Å². The third-order valence-corrected chi connectivity index (χ3v) is 4.45. The minimum atomic E-state index is -1.16. The van der Waals surface area contributed by atoms with Crippen molar-refractivity contribution >= 4 is 24.1 Å². The quantitative estimate of drug-likeness (QED) is 0.187. The number of carbonyl (C=O) groups is 3. The highest BCUT2D eigenvalue weighted by atomic mass is 16.4. The lowest BCUT2D eigenvalue weighted by Crippen LogP contribution is -2.32. The van der Waals surface area contributed by atoms with Gasteiger partial charge in [-0.15, -0.1) is 0 Å². The van der Waals surface area contributed by atoms with Crippen molar-refractivity contribution in [3.8, 4) is 0 Å². The van der Waals surface area contributed by atoms with Gasteiger partial charge in [-0.2, -0.15) is 0 Å². The van der Waals surface area contributed by atoms with Crippen LogP contribution < -0.4 is 17.2 Å². The van der Waals surface area contributed by atoms with Crippen LogP contribution in [0.2, 0.25) is 0 Å². The second-order valence-corrected chi connectivity index (χ2v) is 7.11. The standard InChI is InChI=1S/C18H29N5O7/c19-13(16(25)26)3-1-10(5-12(24)2-4-14(20)17(27)28)7-23-8-11(22-9-23)6-15(21)18(29)30/h7-9,12-15,24H,1-6,19-21H2,(H,25,26)(H,27,28)(H,29,30)/b10-7-. The first-order valence-corrected chi connectivity index (χ1v) is 9.34. The average Bonchev–Trinajstić information content (AvgIpc) is 3.10. The number of nitrogens with two attached hydrogens (primary N) is 3. The Morgan fingerprint density at radius 3 is 2.10 bits per heavy atom. The number of hydrogen-bond acceptors (Lipinski definition) is 8. The zero-order chi connectivity index (χ0) is 22.8. The molecule has 1 aromatic rings. The van der Waals surface area contributed by atoms with Crippen LogP contribution in [0.25, 0.3) is 6.20 Å². The summed E-state index contributed by atoms with van der Waals surface area (Å²) >= 11 is 0. The SMILES string of the molecule is NC(CC/C(=C/n1cnc(CC(N)C(=O)O)c1)CC(O)CCC(N)C(=O)O)C(=O)O. The maximum absolute atomic E-state index is 11.0. The van der Waals surface area contributed by atoms with Crippen molar-refractivity contribution in [3.05, 3.63) is 23.8 Å². The van der Waals surface area contributed by atoms with Gasteiger partial charge in [-0.05, 0) is 32.1 Å². The largest absolute Gasteiger partial charge is 0.480 e. The Bertz CT molecular complexity index is 764. The van der Waals surface area contributed by atoms with Crippen LogP contribution >= 0.6 is 0 Å². The molecule has 0 aliphatic carbocycles. The van der Waals surface area contributed by atoms with Crippen molar-refractivity contribution < 1.29 is 34.8 Å². The maximum Gasteiger partial charge on any atom is 0.320 e. The zero-order valence-electron chi connectivity index (χ0n) is 16.4. The van der Waals surface area contributed by atoms with Gasteiger partial charge in [0.25, 0.3) is 0 Å². The predicted octanol–water partition coefficient (Wildman–Crippen LogP) is -1.19. The second-order valence-electron chi connectivity index (χ2n) is 7.11. The molecule has 168 valence electrons. The molecule has 0 fully saturated rings. The Labute approximate surface area is 173 Å². The normalized spacial score (nSPS) is 15.9. The monoisotopic (exact) mass is 427 g/mol. The van der Waals surface area contributed by atoms with Crippen molar-refractivity contribution in [2.75, 3.05) is 0 Å². The van der Waals surface area contributed by atoms with E-state index in [4.69, 9.17) is 32.5 Å². The number of aromatic nitrogens is 2. The van der Waals surface area contributed by atoms with Gasteiger partial charge in [-0.25, -0.2) is 4.98 Å². The van der Waals surface area contributed by atoms with Crippen LogP contribution in [0.15, 0.2) is 18.1 Å². The number of carboxylic acid groups (broad SMARTS) is 3. The highest BCUT2D eigenvalue weighted by molar-refractivity contribution is 5.73. The Morgan fingerprint density at radius 1 is 0.967 bits per heavy atom. The van der Waals surface area contributed by atoms with Crippen LogP contribution in [0.5, 0.6) is 0 Å². The summed E-state index contributed by atoms with van der Waals surface area (Å²) in [5.41, 5.74) is 17.6. The van der Waals surface area contributed by atoms with E-state index in [0.29, 0.717) is 11.3 Å². The number of rotatable bonds is 14. The van der Waals surface area contributed by atoms with Crippen molar-refractivity contribution in [3.63, 3.8) is 0 Å². The van der Waals surface area contributed by atoms with Gasteiger partial charge in [0.1, 0.15) is 18.1 Å². The van der Waals surface area contributed by atoms with Gasteiger partial charge in [0, 0.05) is 18.8 Å². The van der Waals surface area contributed by atoms with Crippen LogP contribution in [0.4, 0.5) is 0 Å². The highest BCUT2D eigenvalue weighted by Crippen LogP contribution is 2.18. The molecule has 1 rings (SSSR count). The van der Waals surface area contributed by atoms with Gasteiger partial charge in [0.2, 0.25) is 0 Å². The molecule has 0 spiro atoms. The molecule has 0 aliphatic heterocycles. The second kappa shape index (κ2) is 12.0. The Hall–Kier alpha value is -2.80. The van der Waals surface area contributed by atoms with E-state index in [-0.39, 0.29) is 38.5 Å². The van der Waals surface area contributed by atoms with Gasteiger partial charge in [0.15, 0.2) is 0 Å². The molecule has 12 nitrogen and oxygen atoms in total. The number of aliphatic hydroxyl groups excluding tert-OH is 1. The molecular weight excluding hydrogens is 398 g/mol. The molecule has 0 bridgehead atoms. The first-order valence-electron chi connectivity index (χ1n) is 9.34. The summed E-state index contributed by atoms with van der Waals surface area (Å²) in [6.07, 6.45) is 4.60. The fraction of sp³-hybridized carbons (Fsp3) is 0.556. The fourth-order valence-corrected chi connectivity index (χ4v) is 2.66. The van der Waals surface area contributed by atoms with Crippen LogP contribution in [0.1, 0.15) is 37.8 Å². The van der Waals surface area contributed by atoms with Crippen molar-refractivity contribution in [1.82, 2.24) is 9.55 Å². The first kappa shape index (κ1) is 25.2. The molecule has 30 heavy (non-hydrogen) atoms. The number of imidazole rings is 1. The lowest BCUT2D eigenvalue weighted by Gasteiger charge is -2.16. The van der Waals surface area contributed by atoms with E-state index in [1.807, 2.05) is 0 Å². The average molecular weight is 427 g/mol. The fourth-order valence-electron chi connectivity index (χ4n) is 2.66. The van der Waals surface area contributed by atoms with Gasteiger partial charge >= 0.3 is 17.9 Å². The molecule has 4 unspecified atom stereocenters. The molecule has 10 N–H and O–H groups in total. The summed E-state index contributed by atoms with van der Waals surface area (Å²) < 4.78 is 1.56. The first-order chi connectivity index (χ1) is 14.0. The lowest BCUT2D eigenvalue weighted by atomic mass is 9.98. The maximum atomic E-state index is 11.0. The Balaban J connectivity index is 2.86. The van der Waals surface area contributed by atoms with Crippen LogP contribution in [-0.2, 0) is 20.8 Å². The van der Waals surface area contributed by atoms with Crippen molar-refractivity contribution in [1.29, 1.82) is 0 Å². The number of hydrogen-bond donors (Lipinski definition) is 7. The number of aliphatic carboxylic acids is 3. The van der Waals surface area contributed by atoms with Crippen LogP contribution in [0.3, 0.4) is 0 Å². The van der Waals surface area contributed by atoms with Crippen LogP contribution in [-0.4, -0.2) is 72.1 Å². The van der Waals surface area contributed by atoms with Gasteiger partial charge in [0.05, 0.1) is 18.1 Å². The highest BCUT2D eigenvalue weighted by Gasteiger charge is 2.18. The summed E-state index contributed by atoms with van der Waals surface area (Å²) in [5.74, 6) is -3.45. The molecule has 0 saturated heterocycles. The molecule has 4 atom stereocenters. The molecule has 1 heterocycles. The summed E-state index contributed by atoms with van der Waals surface area (Å²) in [6, 6.07) is -3.24. The summed E-state index contributed by atoms with van der Waals surface area (Å²) in [6.45, 7) is 0. The molecular formula is C18H29N5O7. The topological polar surface area (TPSA) is 228 Å². The van der Waals surface area contributed by atoms with Crippen molar-refractivity contribution in [2.45, 2.75) is 62.8 Å². The van der Waals surface area contributed by atoms with E-state index in [1.54, 1.807) is 17.0 Å². The van der Waals surface area contributed by atoms with E-state index in [9.17, 15) is 19.5 Å². The van der Waals surface area contributed by atoms with Gasteiger partial charge in [-0.3, -0.25) is 14.4 Å². The van der Waals surface area contributed by atoms with Gasteiger partial charge in [-0.1, -0.05) is 5.57 Å². The van der Waals surface area contributed by atoms with E-state index < -0.39 is 42.1 Å². The number of nitrogens with zero attached hydrogens (tertiary/aromatic N) is 2. The molecule has 0 amide bonds. The zero-order valence-corrected chi connectivity index (χ0v) is 16.4. The molecule has 0 saturated carbocycles. The third-order valence-electron chi connectivity index (χ3n) is 4.45. The smallest absolute Gasteiger partial charge is 0.320 e. The van der Waals surface area contributed by atoms with Crippen molar-refractivity contribution in [2.24, 2.45) is 17.2 Å². The summed E-state index contributed by atoms with van der Waals surface area (Å²) in [4.78, 5) is 36.7. The van der Waals surface area contributed by atoms with E-state index in [2.05, 4.69) is 4.98 Å². The Kier molecular flexibility index (Phi) is 10.1. The van der Waals surface area contributed by atoms with E-state index in [1.165, 1.54) is 6.33 Å². The third kappa shape index (κ3) is 9.13. The summed E-state index contributed by atoms with van der Waals surface area (Å²) in [5, 5.41) is 36.9. The number of aliphatic hydroxyl groups is 1. The minimum absolute atomic E-state index is 0.0328. The number of carboxylic acids is 3. The van der Waals surface area contributed by atoms with Gasteiger partial charge < -0.3 is 42.2 Å². The molecule has 0 aliphatic rings.